The van der Waals surface area contributed by atoms with Crippen LogP contribution in [0.4, 0.5) is 9.59 Å². The van der Waals surface area contributed by atoms with Gasteiger partial charge in [-0.15, -0.1) is 0 Å². The van der Waals surface area contributed by atoms with Gasteiger partial charge in [0.15, 0.2) is 0 Å². The van der Waals surface area contributed by atoms with Crippen molar-refractivity contribution in [2.45, 2.75) is 122 Å². The van der Waals surface area contributed by atoms with Gasteiger partial charge in [-0.05, 0) is 65.1 Å². The second kappa shape index (κ2) is 26.0. The van der Waals surface area contributed by atoms with Crippen LogP contribution in [-0.2, 0) is 28.5 Å². The second-order valence-electron chi connectivity index (χ2n) is 22.0. The number of carbonyl (C=O) groups is 4. The fraction of sp³-hybridized carbons (Fsp3) is 0.615. The smallest absolute Gasteiger partial charge is 0.407 e. The SMILES string of the molecule is COC(=O)N[C@H](C(=O)N1CCNC[C@H]1C(=N)N(/C=C/c1ccc(-c2ccc(C3CN=C([C@@H]4CCCN4C(=O)[C@@H](NC(=O)OC)C(C)C)N3COCC[Si](C)(C)C)cc2)cc1)COCC[Si](C)(C)C)C(C)C. The molecule has 17 nitrogen and oxygen atoms in total. The molecule has 0 radical (unpaired) electrons. The molecule has 71 heavy (non-hydrogen) atoms. The third kappa shape index (κ3) is 16.2. The summed E-state index contributed by atoms with van der Waals surface area (Å²) < 4.78 is 22.3. The van der Waals surface area contributed by atoms with E-state index in [1.165, 1.54) is 14.2 Å². The molecule has 0 aliphatic carbocycles. The normalized spacial score (nSPS) is 19.5. The monoisotopic (exact) mass is 1020 g/mol. The van der Waals surface area contributed by atoms with Gasteiger partial charge in [0, 0.05) is 61.7 Å². The van der Waals surface area contributed by atoms with Gasteiger partial charge < -0.3 is 54.5 Å². The molecule has 1 unspecified atom stereocenters. The van der Waals surface area contributed by atoms with E-state index >= 15 is 0 Å². The van der Waals surface area contributed by atoms with Crippen molar-refractivity contribution in [3.63, 3.8) is 0 Å². The molecule has 5 rings (SSSR count). The van der Waals surface area contributed by atoms with Crippen molar-refractivity contribution in [1.29, 1.82) is 5.41 Å². The van der Waals surface area contributed by atoms with Gasteiger partial charge in [-0.2, -0.15) is 0 Å². The summed E-state index contributed by atoms with van der Waals surface area (Å²) in [5, 5.41) is 18.3. The first kappa shape index (κ1) is 56.8. The fourth-order valence-electron chi connectivity index (χ4n) is 8.86. The number of methoxy groups -OCH3 is 2. The van der Waals surface area contributed by atoms with Gasteiger partial charge in [0.1, 0.15) is 43.3 Å². The van der Waals surface area contributed by atoms with E-state index in [9.17, 15) is 24.6 Å². The van der Waals surface area contributed by atoms with Gasteiger partial charge in [0.25, 0.3) is 0 Å². The minimum Gasteiger partial charge on any atom is -0.453 e. The lowest BCUT2D eigenvalue weighted by Gasteiger charge is -2.41. The number of nitrogens with one attached hydrogen (secondary N) is 4. The molecule has 392 valence electrons. The topological polar surface area (TPSA) is 190 Å². The molecule has 3 heterocycles. The third-order valence-electron chi connectivity index (χ3n) is 13.3. The van der Waals surface area contributed by atoms with Gasteiger partial charge in [-0.1, -0.05) is 116 Å². The zero-order valence-corrected chi connectivity index (χ0v) is 46.5. The first-order chi connectivity index (χ1) is 33.6. The van der Waals surface area contributed by atoms with E-state index in [-0.39, 0.29) is 48.3 Å². The summed E-state index contributed by atoms with van der Waals surface area (Å²) in [6, 6.07) is 16.4. The first-order valence-corrected chi connectivity index (χ1v) is 32.7. The number of amidine groups is 2. The highest BCUT2D eigenvalue weighted by Gasteiger charge is 2.43. The molecule has 0 bridgehead atoms. The number of ether oxygens (including phenoxy) is 4. The minimum absolute atomic E-state index is 0.0750. The molecule has 3 aliphatic rings. The van der Waals surface area contributed by atoms with E-state index in [0.29, 0.717) is 52.7 Å². The van der Waals surface area contributed by atoms with Crippen molar-refractivity contribution in [1.82, 2.24) is 35.6 Å². The average Bonchev–Trinajstić information content (AvgIpc) is 4.00. The Labute approximate surface area is 425 Å². The Morgan fingerprint density at radius 1 is 0.789 bits per heavy atom. The van der Waals surface area contributed by atoms with Gasteiger partial charge in [0.05, 0.1) is 32.8 Å². The standard InChI is InChI=1S/C52H83N9O8Si2/c1-36(2)45(56-51(64)66-5)49(62)59-25-13-14-42(59)48-55-33-43(61(48)35-69-29-31-71(10,11)12)41-21-19-40(20-22-41)39-17-15-38(16-18-39)23-26-58(34-68-28-30-70(7,8)9)47(53)44-32-54-24-27-60(44)50(63)46(37(3)4)57-52(65)67-6/h15-23,26,36-37,42-46,53-54H,13-14,24-25,27-35H2,1-12H3,(H,56,64)(H,57,65)/b26-23+,53-47?/t42-,43?,44-,45-,46-/m0/s1. The molecular weight excluding hydrogens is 935 g/mol. The number of nitrogens with zero attached hydrogens (tertiary/aromatic N) is 5. The van der Waals surface area contributed by atoms with Crippen molar-refractivity contribution in [3.05, 3.63) is 65.9 Å². The molecule has 2 aromatic rings. The highest BCUT2D eigenvalue weighted by atomic mass is 28.3. The molecule has 5 atom stereocenters. The molecular formula is C52H83N9O8Si2. The van der Waals surface area contributed by atoms with Crippen LogP contribution in [0.15, 0.2) is 59.7 Å². The van der Waals surface area contributed by atoms with E-state index in [1.807, 2.05) is 57.0 Å². The number of aliphatic imine (C=N–C) groups is 1. The maximum absolute atomic E-state index is 14.1. The third-order valence-corrected chi connectivity index (χ3v) is 16.7. The van der Waals surface area contributed by atoms with E-state index in [1.54, 1.807) is 9.80 Å². The number of rotatable bonds is 22. The number of amides is 4. The van der Waals surface area contributed by atoms with Crippen LogP contribution in [0.2, 0.25) is 51.4 Å². The molecule has 2 aromatic carbocycles. The summed E-state index contributed by atoms with van der Waals surface area (Å²) in [4.78, 5) is 65.2. The van der Waals surface area contributed by atoms with Crippen LogP contribution in [0.3, 0.4) is 0 Å². The predicted octanol–water partition coefficient (Wildman–Crippen LogP) is 7.54. The quantitative estimate of drug-likeness (QED) is 0.0300. The van der Waals surface area contributed by atoms with Crippen LogP contribution in [0.1, 0.15) is 57.7 Å². The van der Waals surface area contributed by atoms with Crippen LogP contribution in [-0.4, -0.2) is 169 Å². The highest BCUT2D eigenvalue weighted by molar-refractivity contribution is 6.76. The molecule has 4 N–H and O–H groups in total. The van der Waals surface area contributed by atoms with Crippen molar-refractivity contribution in [2.75, 3.05) is 73.6 Å². The van der Waals surface area contributed by atoms with E-state index in [0.717, 1.165) is 53.0 Å². The highest BCUT2D eigenvalue weighted by Crippen LogP contribution is 2.34. The van der Waals surface area contributed by atoms with E-state index in [2.05, 4.69) is 96.5 Å². The van der Waals surface area contributed by atoms with Gasteiger partial charge in [-0.3, -0.25) is 20.0 Å². The summed E-state index contributed by atoms with van der Waals surface area (Å²) in [6.45, 7) is 25.7. The number of piperazine rings is 1. The van der Waals surface area contributed by atoms with Crippen molar-refractivity contribution in [2.24, 2.45) is 16.8 Å². The Bertz CT molecular complexity index is 2160. The number of carbonyl (C=O) groups excluding carboxylic acids is 4. The molecule has 0 saturated carbocycles. The molecule has 2 fully saturated rings. The van der Waals surface area contributed by atoms with Crippen LogP contribution in [0, 0.1) is 17.2 Å². The Kier molecular flexibility index (Phi) is 20.8. The van der Waals surface area contributed by atoms with Crippen LogP contribution in [0.5, 0.6) is 0 Å². The van der Waals surface area contributed by atoms with Gasteiger partial charge in [0.2, 0.25) is 11.8 Å². The Morgan fingerprint density at radius 3 is 1.89 bits per heavy atom. The second-order valence-corrected chi connectivity index (χ2v) is 33.2. The molecule has 4 amide bonds. The summed E-state index contributed by atoms with van der Waals surface area (Å²) >= 11 is 0. The lowest BCUT2D eigenvalue weighted by Crippen LogP contribution is -2.63. The van der Waals surface area contributed by atoms with E-state index < -0.39 is 46.5 Å². The maximum atomic E-state index is 14.1. The van der Waals surface area contributed by atoms with Gasteiger partial charge >= 0.3 is 12.2 Å². The number of hydrogen-bond donors (Lipinski definition) is 4. The predicted molar refractivity (Wildman–Crippen MR) is 287 cm³/mol. The fourth-order valence-corrected chi connectivity index (χ4v) is 10.4. The van der Waals surface area contributed by atoms with E-state index in [4.69, 9.17) is 23.9 Å². The van der Waals surface area contributed by atoms with Gasteiger partial charge in [-0.25, -0.2) is 9.59 Å². The van der Waals surface area contributed by atoms with Crippen molar-refractivity contribution in [3.8, 4) is 11.1 Å². The van der Waals surface area contributed by atoms with Crippen LogP contribution >= 0.6 is 0 Å². The van der Waals surface area contributed by atoms with Crippen LogP contribution in [0.25, 0.3) is 17.2 Å². The zero-order valence-electron chi connectivity index (χ0n) is 44.5. The molecule has 3 aliphatic heterocycles. The molecule has 0 spiro atoms. The maximum Gasteiger partial charge on any atom is 0.407 e. The Morgan fingerprint density at radius 2 is 1.34 bits per heavy atom. The van der Waals surface area contributed by atoms with Crippen LogP contribution < -0.4 is 16.0 Å². The minimum atomic E-state index is -1.37. The first-order valence-electron chi connectivity index (χ1n) is 25.3. The molecule has 0 aromatic heterocycles. The Hall–Kier alpha value is -5.09. The zero-order chi connectivity index (χ0) is 52.0. The number of benzene rings is 2. The largest absolute Gasteiger partial charge is 0.453 e. The summed E-state index contributed by atoms with van der Waals surface area (Å²) in [5.74, 6) is 0.346. The summed E-state index contributed by atoms with van der Waals surface area (Å²) in [6.07, 6.45) is 4.12. The summed E-state index contributed by atoms with van der Waals surface area (Å²) in [5.41, 5.74) is 4.14. The average molecular weight is 1020 g/mol. The lowest BCUT2D eigenvalue weighted by atomic mass is 9.99. The van der Waals surface area contributed by atoms with Crippen molar-refractivity contribution >= 4 is 57.9 Å². The molecule has 2 saturated heterocycles. The number of alkyl carbamates (subject to hydrolysis) is 2. The lowest BCUT2D eigenvalue weighted by molar-refractivity contribution is -0.136. The number of hydrogen-bond acceptors (Lipinski definition) is 12. The summed E-state index contributed by atoms with van der Waals surface area (Å²) in [7, 11) is -0.122. The Balaban J connectivity index is 1.33. The number of likely N-dealkylation sites (tertiary alicyclic amines) is 1. The van der Waals surface area contributed by atoms with Crippen molar-refractivity contribution < 1.29 is 38.1 Å². The molecule has 19 heteroatoms.